The summed E-state index contributed by atoms with van der Waals surface area (Å²) in [6.45, 7) is 5.34. The van der Waals surface area contributed by atoms with E-state index in [1.165, 1.54) is 0 Å². The fraction of sp³-hybridized carbons (Fsp3) is 0.391. The van der Waals surface area contributed by atoms with Gasteiger partial charge in [-0.05, 0) is 74.8 Å². The molecule has 2 aromatic rings. The van der Waals surface area contributed by atoms with Gasteiger partial charge in [-0.1, -0.05) is 19.1 Å². The number of hydrogen-bond acceptors (Lipinski definition) is 5. The third-order valence-corrected chi connectivity index (χ3v) is 5.04. The zero-order valence-electron chi connectivity index (χ0n) is 17.4. The molecule has 2 unspecified atom stereocenters. The van der Waals surface area contributed by atoms with Crippen LogP contribution >= 0.6 is 12.2 Å². The van der Waals surface area contributed by atoms with Crippen molar-refractivity contribution in [3.63, 3.8) is 0 Å². The molecule has 1 fully saturated rings. The van der Waals surface area contributed by atoms with Crippen molar-refractivity contribution in [2.45, 2.75) is 45.3 Å². The quantitative estimate of drug-likeness (QED) is 0.602. The van der Waals surface area contributed by atoms with Gasteiger partial charge in [0.25, 0.3) is 5.91 Å². The first kappa shape index (κ1) is 22.1. The van der Waals surface area contributed by atoms with Crippen LogP contribution < -0.4 is 20.1 Å². The smallest absolute Gasteiger partial charge is 0.257 e. The molecule has 1 heterocycles. The number of anilines is 1. The van der Waals surface area contributed by atoms with Crippen LogP contribution in [-0.2, 0) is 4.74 Å². The summed E-state index contributed by atoms with van der Waals surface area (Å²) in [4.78, 5) is 12.5. The average Bonchev–Trinajstić information content (AvgIpc) is 3.27. The number of rotatable bonds is 8. The molecule has 0 aliphatic carbocycles. The molecule has 0 spiro atoms. The Balaban J connectivity index is 1.54. The highest BCUT2D eigenvalue weighted by molar-refractivity contribution is 7.80. The molecule has 2 aromatic carbocycles. The minimum Gasteiger partial charge on any atom is -0.491 e. The summed E-state index contributed by atoms with van der Waals surface area (Å²) < 4.78 is 17.2. The van der Waals surface area contributed by atoms with Crippen molar-refractivity contribution in [1.29, 1.82) is 0 Å². The lowest BCUT2D eigenvalue weighted by atomic mass is 10.2. The molecule has 2 N–H and O–H groups in total. The van der Waals surface area contributed by atoms with E-state index in [4.69, 9.17) is 26.4 Å². The van der Waals surface area contributed by atoms with E-state index < -0.39 is 0 Å². The maximum atomic E-state index is 12.5. The number of para-hydroxylation sites is 2. The van der Waals surface area contributed by atoms with Crippen LogP contribution in [0.25, 0.3) is 0 Å². The van der Waals surface area contributed by atoms with Gasteiger partial charge in [-0.3, -0.25) is 10.1 Å². The largest absolute Gasteiger partial charge is 0.491 e. The Morgan fingerprint density at radius 1 is 1.23 bits per heavy atom. The highest BCUT2D eigenvalue weighted by atomic mass is 32.1. The number of hydrogen-bond donors (Lipinski definition) is 2. The van der Waals surface area contributed by atoms with Gasteiger partial charge in [0.1, 0.15) is 18.1 Å². The molecule has 1 aliphatic heterocycles. The SMILES string of the molecule is CCC(C)Oc1ccc(C(=O)NC(=S)Nc2ccccc2OCC2CCCO2)cc1. The Bertz CT molecular complexity index is 851. The van der Waals surface area contributed by atoms with Crippen LogP contribution in [0.3, 0.4) is 0 Å². The molecule has 1 amide bonds. The van der Waals surface area contributed by atoms with Gasteiger partial charge in [0.2, 0.25) is 0 Å². The number of benzene rings is 2. The summed E-state index contributed by atoms with van der Waals surface area (Å²) >= 11 is 5.31. The maximum Gasteiger partial charge on any atom is 0.257 e. The molecule has 30 heavy (non-hydrogen) atoms. The van der Waals surface area contributed by atoms with Crippen molar-refractivity contribution in [2.24, 2.45) is 0 Å². The highest BCUT2D eigenvalue weighted by Crippen LogP contribution is 2.25. The van der Waals surface area contributed by atoms with E-state index in [-0.39, 0.29) is 23.2 Å². The van der Waals surface area contributed by atoms with Gasteiger partial charge < -0.3 is 19.5 Å². The Kier molecular flexibility index (Phi) is 8.04. The van der Waals surface area contributed by atoms with Crippen molar-refractivity contribution in [2.75, 3.05) is 18.5 Å². The van der Waals surface area contributed by atoms with E-state index in [0.717, 1.165) is 31.6 Å². The number of thiocarbonyl (C=S) groups is 1. The molecule has 2 atom stereocenters. The molecular weight excluding hydrogens is 400 g/mol. The lowest BCUT2D eigenvalue weighted by Crippen LogP contribution is -2.34. The molecule has 6 nitrogen and oxygen atoms in total. The predicted octanol–water partition coefficient (Wildman–Crippen LogP) is 4.55. The molecule has 160 valence electrons. The topological polar surface area (TPSA) is 68.8 Å². The Hall–Kier alpha value is -2.64. The number of ether oxygens (including phenoxy) is 3. The Morgan fingerprint density at radius 2 is 2.00 bits per heavy atom. The van der Waals surface area contributed by atoms with Gasteiger partial charge in [0.05, 0.1) is 17.9 Å². The van der Waals surface area contributed by atoms with Gasteiger partial charge in [0, 0.05) is 12.2 Å². The van der Waals surface area contributed by atoms with Crippen LogP contribution in [0, 0.1) is 0 Å². The first-order valence-electron chi connectivity index (χ1n) is 10.3. The maximum absolute atomic E-state index is 12.5. The molecule has 0 bridgehead atoms. The van der Waals surface area contributed by atoms with E-state index in [1.54, 1.807) is 24.3 Å². The van der Waals surface area contributed by atoms with Crippen LogP contribution in [-0.4, -0.2) is 36.4 Å². The second-order valence-electron chi connectivity index (χ2n) is 7.21. The third kappa shape index (κ3) is 6.43. The van der Waals surface area contributed by atoms with Crippen LogP contribution in [0.15, 0.2) is 48.5 Å². The fourth-order valence-electron chi connectivity index (χ4n) is 2.98. The van der Waals surface area contributed by atoms with Crippen molar-refractivity contribution in [3.8, 4) is 11.5 Å². The summed E-state index contributed by atoms with van der Waals surface area (Å²) in [5, 5.41) is 5.94. The summed E-state index contributed by atoms with van der Waals surface area (Å²) in [7, 11) is 0. The number of carbonyl (C=O) groups excluding carboxylic acids is 1. The molecule has 1 aliphatic rings. The van der Waals surface area contributed by atoms with E-state index in [2.05, 4.69) is 17.6 Å². The van der Waals surface area contributed by atoms with Gasteiger partial charge in [-0.2, -0.15) is 0 Å². The van der Waals surface area contributed by atoms with Gasteiger partial charge in [-0.15, -0.1) is 0 Å². The molecule has 0 saturated carbocycles. The standard InChI is InChI=1S/C23H28N2O4S/c1-3-16(2)29-18-12-10-17(11-13-18)22(26)25-23(30)24-20-8-4-5-9-21(20)28-15-19-7-6-14-27-19/h4-5,8-13,16,19H,3,6-7,14-15H2,1-2H3,(H2,24,25,26,30). The number of amides is 1. The molecule has 3 rings (SSSR count). The highest BCUT2D eigenvalue weighted by Gasteiger charge is 2.17. The molecular formula is C23H28N2O4S. The van der Waals surface area contributed by atoms with Crippen molar-refractivity contribution in [1.82, 2.24) is 5.32 Å². The van der Waals surface area contributed by atoms with Crippen LogP contribution in [0.1, 0.15) is 43.5 Å². The lowest BCUT2D eigenvalue weighted by Gasteiger charge is -2.16. The van der Waals surface area contributed by atoms with Crippen molar-refractivity contribution < 1.29 is 19.0 Å². The molecule has 0 radical (unpaired) electrons. The first-order valence-corrected chi connectivity index (χ1v) is 10.7. The second kappa shape index (κ2) is 10.9. The number of nitrogens with one attached hydrogen (secondary N) is 2. The monoisotopic (exact) mass is 428 g/mol. The summed E-state index contributed by atoms with van der Waals surface area (Å²) in [6.07, 6.45) is 3.24. The van der Waals surface area contributed by atoms with E-state index >= 15 is 0 Å². The third-order valence-electron chi connectivity index (χ3n) is 4.84. The normalized spacial score (nSPS) is 16.5. The van der Waals surface area contributed by atoms with Crippen LogP contribution in [0.5, 0.6) is 11.5 Å². The number of carbonyl (C=O) groups is 1. The lowest BCUT2D eigenvalue weighted by molar-refractivity contribution is 0.0682. The summed E-state index contributed by atoms with van der Waals surface area (Å²) in [5.74, 6) is 1.11. The molecule has 1 saturated heterocycles. The van der Waals surface area contributed by atoms with Crippen molar-refractivity contribution >= 4 is 28.9 Å². The fourth-order valence-corrected chi connectivity index (χ4v) is 3.19. The molecule has 0 aromatic heterocycles. The van der Waals surface area contributed by atoms with Gasteiger partial charge in [-0.25, -0.2) is 0 Å². The second-order valence-corrected chi connectivity index (χ2v) is 7.62. The van der Waals surface area contributed by atoms with Crippen molar-refractivity contribution in [3.05, 3.63) is 54.1 Å². The predicted molar refractivity (Wildman–Crippen MR) is 121 cm³/mol. The summed E-state index contributed by atoms with van der Waals surface area (Å²) in [6, 6.07) is 14.5. The first-order chi connectivity index (χ1) is 14.5. The van der Waals surface area contributed by atoms with Crippen LogP contribution in [0.4, 0.5) is 5.69 Å². The summed E-state index contributed by atoms with van der Waals surface area (Å²) in [5.41, 5.74) is 1.19. The average molecular weight is 429 g/mol. The Morgan fingerprint density at radius 3 is 2.70 bits per heavy atom. The minimum absolute atomic E-state index is 0.122. The zero-order chi connectivity index (χ0) is 21.3. The zero-order valence-corrected chi connectivity index (χ0v) is 18.2. The Labute approximate surface area is 182 Å². The minimum atomic E-state index is -0.291. The van der Waals surface area contributed by atoms with E-state index in [9.17, 15) is 4.79 Å². The van der Waals surface area contributed by atoms with Crippen LogP contribution in [0.2, 0.25) is 0 Å². The van der Waals surface area contributed by atoms with Gasteiger partial charge in [0.15, 0.2) is 5.11 Å². The van der Waals surface area contributed by atoms with Gasteiger partial charge >= 0.3 is 0 Å². The molecule has 7 heteroatoms. The van der Waals surface area contributed by atoms with E-state index in [0.29, 0.717) is 23.6 Å². The van der Waals surface area contributed by atoms with E-state index in [1.807, 2.05) is 31.2 Å².